The van der Waals surface area contributed by atoms with E-state index in [1.807, 2.05) is 13.8 Å². The summed E-state index contributed by atoms with van der Waals surface area (Å²) in [4.78, 5) is 16.9. The summed E-state index contributed by atoms with van der Waals surface area (Å²) in [6.45, 7) is 4.03. The van der Waals surface area contributed by atoms with Crippen molar-refractivity contribution in [2.24, 2.45) is 0 Å². The van der Waals surface area contributed by atoms with Gasteiger partial charge in [0, 0.05) is 11.1 Å². The molecule has 0 aliphatic rings. The Kier molecular flexibility index (Phi) is 3.02. The van der Waals surface area contributed by atoms with E-state index in [-0.39, 0.29) is 11.3 Å². The average molecular weight is 251 g/mol. The van der Waals surface area contributed by atoms with Gasteiger partial charge < -0.3 is 10.2 Å². The zero-order valence-electron chi connectivity index (χ0n) is 9.65. The lowest BCUT2D eigenvalue weighted by Gasteiger charge is -2.03. The first-order valence-electron chi connectivity index (χ1n) is 5.45. The van der Waals surface area contributed by atoms with E-state index >= 15 is 0 Å². The van der Waals surface area contributed by atoms with Gasteiger partial charge in [-0.3, -0.25) is 0 Å². The third-order valence-electron chi connectivity index (χ3n) is 2.78. The summed E-state index contributed by atoms with van der Waals surface area (Å²) < 4.78 is 0. The molecule has 2 N–H and O–H groups in total. The molecule has 0 atom stereocenters. The molecule has 0 aliphatic heterocycles. The number of thiophene rings is 1. The van der Waals surface area contributed by atoms with Crippen molar-refractivity contribution in [1.29, 1.82) is 0 Å². The normalized spacial score (nSPS) is 10.9. The van der Waals surface area contributed by atoms with Gasteiger partial charge in [0.1, 0.15) is 16.1 Å². The lowest BCUT2D eigenvalue weighted by Crippen LogP contribution is -1.98. The van der Waals surface area contributed by atoms with Crippen molar-refractivity contribution >= 4 is 27.5 Å². The van der Waals surface area contributed by atoms with E-state index < -0.39 is 5.97 Å². The fourth-order valence-corrected chi connectivity index (χ4v) is 3.14. The third kappa shape index (κ3) is 1.76. The number of pyridine rings is 1. The molecule has 2 heterocycles. The molecule has 0 aromatic carbocycles. The monoisotopic (exact) mass is 251 g/mol. The van der Waals surface area contributed by atoms with Crippen LogP contribution in [-0.2, 0) is 12.8 Å². The minimum atomic E-state index is -1.15. The van der Waals surface area contributed by atoms with Crippen LogP contribution < -0.4 is 0 Å². The molecule has 4 nitrogen and oxygen atoms in total. The van der Waals surface area contributed by atoms with E-state index in [2.05, 4.69) is 4.98 Å². The van der Waals surface area contributed by atoms with Gasteiger partial charge in [-0.1, -0.05) is 13.8 Å². The van der Waals surface area contributed by atoms with Gasteiger partial charge in [0.2, 0.25) is 0 Å². The zero-order valence-corrected chi connectivity index (χ0v) is 10.5. The quantitative estimate of drug-likeness (QED) is 0.880. The van der Waals surface area contributed by atoms with Crippen molar-refractivity contribution in [3.63, 3.8) is 0 Å². The van der Waals surface area contributed by atoms with E-state index in [4.69, 9.17) is 5.11 Å². The molecule has 90 valence electrons. The van der Waals surface area contributed by atoms with E-state index in [0.29, 0.717) is 10.2 Å². The maximum absolute atomic E-state index is 10.9. The van der Waals surface area contributed by atoms with Gasteiger partial charge in [0.25, 0.3) is 0 Å². The fourth-order valence-electron chi connectivity index (χ4n) is 1.97. The SMILES string of the molecule is CCc1sc2ncc(C(=O)O)c(O)c2c1CC. The summed E-state index contributed by atoms with van der Waals surface area (Å²) in [5, 5.41) is 19.6. The first-order chi connectivity index (χ1) is 8.10. The van der Waals surface area contributed by atoms with Crippen molar-refractivity contribution in [2.45, 2.75) is 26.7 Å². The molecule has 0 fully saturated rings. The second-order valence-electron chi connectivity index (χ2n) is 3.72. The van der Waals surface area contributed by atoms with Crippen LogP contribution in [0.2, 0.25) is 0 Å². The molecule has 0 amide bonds. The standard InChI is InChI=1S/C12H13NO3S/c1-3-6-8(4-2)17-11-9(6)10(14)7(5-13-11)12(15)16/h5H,3-4H2,1-2H3,(H,13,14)(H,15,16). The number of aromatic hydroxyl groups is 1. The molecule has 2 aromatic heterocycles. The Morgan fingerprint density at radius 1 is 1.41 bits per heavy atom. The lowest BCUT2D eigenvalue weighted by atomic mass is 10.1. The Morgan fingerprint density at radius 3 is 2.65 bits per heavy atom. The largest absolute Gasteiger partial charge is 0.506 e. The van der Waals surface area contributed by atoms with Crippen molar-refractivity contribution < 1.29 is 15.0 Å². The van der Waals surface area contributed by atoms with E-state index in [1.54, 1.807) is 0 Å². The van der Waals surface area contributed by atoms with Gasteiger partial charge in [-0.2, -0.15) is 0 Å². The number of carboxylic acids is 1. The minimum absolute atomic E-state index is 0.132. The van der Waals surface area contributed by atoms with Crippen LogP contribution in [0.5, 0.6) is 5.75 Å². The molecule has 0 radical (unpaired) electrons. The number of hydrogen-bond donors (Lipinski definition) is 2. The highest BCUT2D eigenvalue weighted by atomic mass is 32.1. The second-order valence-corrected chi connectivity index (χ2v) is 4.80. The number of carbonyl (C=O) groups is 1. The van der Waals surface area contributed by atoms with Crippen molar-refractivity contribution in [1.82, 2.24) is 4.98 Å². The molecular formula is C12H13NO3S. The second kappa shape index (κ2) is 4.33. The highest BCUT2D eigenvalue weighted by Crippen LogP contribution is 2.38. The van der Waals surface area contributed by atoms with E-state index in [0.717, 1.165) is 23.3 Å². The number of fused-ring (bicyclic) bond motifs is 1. The highest BCUT2D eigenvalue weighted by molar-refractivity contribution is 7.18. The Hall–Kier alpha value is -1.62. The van der Waals surface area contributed by atoms with E-state index in [1.165, 1.54) is 17.5 Å². The van der Waals surface area contributed by atoms with Gasteiger partial charge in [0.05, 0.1) is 5.39 Å². The molecule has 2 aromatic rings. The summed E-state index contributed by atoms with van der Waals surface area (Å²) in [5.74, 6) is -1.31. The number of carboxylic acid groups (broad SMARTS) is 1. The predicted molar refractivity (Wildman–Crippen MR) is 67.0 cm³/mol. The summed E-state index contributed by atoms with van der Waals surface area (Å²) in [7, 11) is 0. The Bertz CT molecular complexity index is 589. The molecule has 0 unspecified atom stereocenters. The smallest absolute Gasteiger partial charge is 0.341 e. The molecule has 0 spiro atoms. The van der Waals surface area contributed by atoms with Gasteiger partial charge >= 0.3 is 5.97 Å². The van der Waals surface area contributed by atoms with Crippen LogP contribution in [0.3, 0.4) is 0 Å². The summed E-state index contributed by atoms with van der Waals surface area (Å²) in [6, 6.07) is 0. The fraction of sp³-hybridized carbons (Fsp3) is 0.333. The summed E-state index contributed by atoms with van der Waals surface area (Å²) in [5.41, 5.74) is 0.883. The molecule has 5 heteroatoms. The van der Waals surface area contributed by atoms with Crippen LogP contribution in [0, 0.1) is 0 Å². The Morgan fingerprint density at radius 2 is 2.12 bits per heavy atom. The highest BCUT2D eigenvalue weighted by Gasteiger charge is 2.19. The van der Waals surface area contributed by atoms with Crippen LogP contribution in [-0.4, -0.2) is 21.2 Å². The average Bonchev–Trinajstić information content (AvgIpc) is 2.67. The number of hydrogen-bond acceptors (Lipinski definition) is 4. The van der Waals surface area contributed by atoms with E-state index in [9.17, 15) is 9.90 Å². The maximum atomic E-state index is 10.9. The molecule has 0 aliphatic carbocycles. The topological polar surface area (TPSA) is 70.4 Å². The number of aryl methyl sites for hydroxylation is 2. The molecule has 2 rings (SSSR count). The van der Waals surface area contributed by atoms with Crippen LogP contribution in [0.4, 0.5) is 0 Å². The lowest BCUT2D eigenvalue weighted by molar-refractivity contribution is 0.0693. The van der Waals surface area contributed by atoms with Crippen molar-refractivity contribution in [2.75, 3.05) is 0 Å². The predicted octanol–water partition coefficient (Wildman–Crippen LogP) is 2.82. The molecule has 0 saturated heterocycles. The number of aromatic nitrogens is 1. The van der Waals surface area contributed by atoms with Crippen molar-refractivity contribution in [3.05, 3.63) is 22.2 Å². The number of rotatable bonds is 3. The van der Waals surface area contributed by atoms with Crippen molar-refractivity contribution in [3.8, 4) is 5.75 Å². The minimum Gasteiger partial charge on any atom is -0.506 e. The molecule has 17 heavy (non-hydrogen) atoms. The number of nitrogens with zero attached hydrogens (tertiary/aromatic N) is 1. The van der Waals surface area contributed by atoms with Crippen LogP contribution in [0.25, 0.3) is 10.2 Å². The first-order valence-corrected chi connectivity index (χ1v) is 6.27. The molecule has 0 saturated carbocycles. The van der Waals surface area contributed by atoms with Crippen LogP contribution >= 0.6 is 11.3 Å². The number of aromatic carboxylic acids is 1. The third-order valence-corrected chi connectivity index (χ3v) is 4.06. The molecule has 0 bridgehead atoms. The zero-order chi connectivity index (χ0) is 12.6. The van der Waals surface area contributed by atoms with Crippen LogP contribution in [0.1, 0.15) is 34.6 Å². The van der Waals surface area contributed by atoms with Gasteiger partial charge in [-0.15, -0.1) is 11.3 Å². The Balaban J connectivity index is 2.83. The van der Waals surface area contributed by atoms with Gasteiger partial charge in [0.15, 0.2) is 0 Å². The van der Waals surface area contributed by atoms with Gasteiger partial charge in [-0.25, -0.2) is 9.78 Å². The Labute approximate surface area is 103 Å². The van der Waals surface area contributed by atoms with Crippen LogP contribution in [0.15, 0.2) is 6.20 Å². The van der Waals surface area contributed by atoms with Gasteiger partial charge in [-0.05, 0) is 18.4 Å². The maximum Gasteiger partial charge on any atom is 0.341 e. The summed E-state index contributed by atoms with van der Waals surface area (Å²) in [6.07, 6.45) is 2.85. The first kappa shape index (κ1) is 11.9. The summed E-state index contributed by atoms with van der Waals surface area (Å²) >= 11 is 1.52. The molecular weight excluding hydrogens is 238 g/mol.